The number of aromatic nitrogens is 1. The van der Waals surface area contributed by atoms with Gasteiger partial charge in [-0.05, 0) is 55.0 Å². The Morgan fingerprint density at radius 3 is 2.48 bits per heavy atom. The molecule has 0 unspecified atom stereocenters. The molecule has 0 aliphatic heterocycles. The van der Waals surface area contributed by atoms with E-state index in [0.29, 0.717) is 23.5 Å². The van der Waals surface area contributed by atoms with Gasteiger partial charge in [-0.25, -0.2) is 4.98 Å². The fourth-order valence-corrected chi connectivity index (χ4v) is 3.35. The van der Waals surface area contributed by atoms with E-state index >= 15 is 0 Å². The fourth-order valence-electron chi connectivity index (χ4n) is 3.35. The number of nitrogens with zero attached hydrogens (tertiary/aromatic N) is 1. The second-order valence-corrected chi connectivity index (χ2v) is 7.14. The normalized spacial score (nSPS) is 12.5. The third kappa shape index (κ3) is 4.87. The van der Waals surface area contributed by atoms with Gasteiger partial charge in [-0.3, -0.25) is 9.59 Å². The van der Waals surface area contributed by atoms with Crippen molar-refractivity contribution in [2.24, 2.45) is 0 Å². The van der Waals surface area contributed by atoms with E-state index in [1.165, 1.54) is 31.3 Å². The lowest BCUT2D eigenvalue weighted by atomic mass is 10.1. The van der Waals surface area contributed by atoms with Crippen LogP contribution in [-0.4, -0.2) is 16.9 Å². The summed E-state index contributed by atoms with van der Waals surface area (Å²) in [6.45, 7) is 1.31. The maximum Gasteiger partial charge on any atom is 0.416 e. The number of benzene rings is 2. The van der Waals surface area contributed by atoms with Crippen molar-refractivity contribution in [3.8, 4) is 11.6 Å². The molecule has 0 fully saturated rings. The van der Waals surface area contributed by atoms with E-state index in [2.05, 4.69) is 10.3 Å². The van der Waals surface area contributed by atoms with E-state index in [1.54, 1.807) is 30.3 Å². The standard InChI is InChI=1S/C24H17F3N2O4/c1-14(30)32-21-12-11-18-17(21)4-2-6-20(18)33-23-19(5-3-13-28-23)22(31)29-16-9-7-15(8-10-16)24(25,26)27/h2-10,12-13H,11H2,1H3,(H,29,31). The molecule has 1 amide bonds. The van der Waals surface area contributed by atoms with Crippen LogP contribution in [-0.2, 0) is 22.1 Å². The van der Waals surface area contributed by atoms with Gasteiger partial charge >= 0.3 is 12.1 Å². The summed E-state index contributed by atoms with van der Waals surface area (Å²) in [5, 5.41) is 2.55. The fraction of sp³-hybridized carbons (Fsp3) is 0.125. The van der Waals surface area contributed by atoms with Gasteiger partial charge in [0.05, 0.1) is 5.56 Å². The first-order valence-electron chi connectivity index (χ1n) is 9.84. The molecule has 0 saturated heterocycles. The first-order valence-corrected chi connectivity index (χ1v) is 9.84. The van der Waals surface area contributed by atoms with Gasteiger partial charge in [-0.2, -0.15) is 13.2 Å². The Morgan fingerprint density at radius 1 is 1.03 bits per heavy atom. The number of allylic oxidation sites excluding steroid dienone is 1. The highest BCUT2D eigenvalue weighted by atomic mass is 19.4. The lowest BCUT2D eigenvalue weighted by molar-refractivity contribution is -0.137. The maximum atomic E-state index is 12.8. The lowest BCUT2D eigenvalue weighted by Gasteiger charge is -2.14. The maximum absolute atomic E-state index is 12.8. The zero-order valence-electron chi connectivity index (χ0n) is 17.3. The monoisotopic (exact) mass is 454 g/mol. The lowest BCUT2D eigenvalue weighted by Crippen LogP contribution is -2.14. The Kier molecular flexibility index (Phi) is 5.87. The minimum atomic E-state index is -4.47. The van der Waals surface area contributed by atoms with Crippen LogP contribution in [0.15, 0.2) is 66.9 Å². The van der Waals surface area contributed by atoms with Crippen molar-refractivity contribution in [1.29, 1.82) is 0 Å². The van der Waals surface area contributed by atoms with Crippen molar-refractivity contribution in [2.45, 2.75) is 19.5 Å². The first-order chi connectivity index (χ1) is 15.7. The summed E-state index contributed by atoms with van der Waals surface area (Å²) < 4.78 is 49.4. The molecule has 0 atom stereocenters. The molecule has 2 aromatic carbocycles. The number of amides is 1. The highest BCUT2D eigenvalue weighted by Gasteiger charge is 2.30. The van der Waals surface area contributed by atoms with Crippen molar-refractivity contribution < 1.29 is 32.2 Å². The Labute approximate surface area is 186 Å². The number of carbonyl (C=O) groups is 2. The summed E-state index contributed by atoms with van der Waals surface area (Å²) >= 11 is 0. The number of alkyl halides is 3. The Balaban J connectivity index is 1.55. The predicted molar refractivity (Wildman–Crippen MR) is 114 cm³/mol. The Hall–Kier alpha value is -4.14. The van der Waals surface area contributed by atoms with E-state index in [-0.39, 0.29) is 17.1 Å². The third-order valence-corrected chi connectivity index (χ3v) is 4.84. The first kappa shape index (κ1) is 22.1. The van der Waals surface area contributed by atoms with Crippen molar-refractivity contribution in [2.75, 3.05) is 5.32 Å². The Morgan fingerprint density at radius 2 is 1.79 bits per heavy atom. The van der Waals surface area contributed by atoms with Crippen LogP contribution in [0, 0.1) is 0 Å². The summed E-state index contributed by atoms with van der Waals surface area (Å²) in [6.07, 6.45) is -0.785. The van der Waals surface area contributed by atoms with Crippen LogP contribution >= 0.6 is 0 Å². The van der Waals surface area contributed by atoms with E-state index in [0.717, 1.165) is 17.7 Å². The number of nitrogens with one attached hydrogen (secondary N) is 1. The molecule has 0 spiro atoms. The molecular weight excluding hydrogens is 437 g/mol. The van der Waals surface area contributed by atoms with Gasteiger partial charge in [0.15, 0.2) is 0 Å². The van der Waals surface area contributed by atoms with Crippen LogP contribution in [0.3, 0.4) is 0 Å². The molecule has 9 heteroatoms. The molecular formula is C24H17F3N2O4. The van der Waals surface area contributed by atoms with E-state index in [9.17, 15) is 22.8 Å². The largest absolute Gasteiger partial charge is 0.438 e. The number of anilines is 1. The van der Waals surface area contributed by atoms with Crippen molar-refractivity contribution >= 4 is 23.3 Å². The molecule has 168 valence electrons. The van der Waals surface area contributed by atoms with Crippen LogP contribution in [0.1, 0.15) is 34.0 Å². The molecule has 0 bridgehead atoms. The molecule has 33 heavy (non-hydrogen) atoms. The van der Waals surface area contributed by atoms with Gasteiger partial charge in [-0.15, -0.1) is 0 Å². The van der Waals surface area contributed by atoms with E-state index in [4.69, 9.17) is 9.47 Å². The number of halogens is 3. The quantitative estimate of drug-likeness (QED) is 0.508. The van der Waals surface area contributed by atoms with E-state index < -0.39 is 23.6 Å². The number of pyridine rings is 1. The number of fused-ring (bicyclic) bond motifs is 1. The number of ether oxygens (including phenoxy) is 2. The minimum Gasteiger partial charge on any atom is -0.438 e. The summed E-state index contributed by atoms with van der Waals surface area (Å²) in [7, 11) is 0. The third-order valence-electron chi connectivity index (χ3n) is 4.84. The number of hydrogen-bond donors (Lipinski definition) is 1. The van der Waals surface area contributed by atoms with Crippen molar-refractivity contribution in [3.63, 3.8) is 0 Å². The number of rotatable bonds is 5. The van der Waals surface area contributed by atoms with Crippen LogP contribution in [0.2, 0.25) is 0 Å². The van der Waals surface area contributed by atoms with Gasteiger partial charge in [0.1, 0.15) is 17.1 Å². The number of esters is 1. The molecule has 1 heterocycles. The zero-order chi connectivity index (χ0) is 23.6. The SMILES string of the molecule is CC(=O)OC1=CCc2c(Oc3ncccc3C(=O)Nc3ccc(C(F)(F)F)cc3)cccc21. The van der Waals surface area contributed by atoms with Crippen LogP contribution in [0.4, 0.5) is 18.9 Å². The number of hydrogen-bond acceptors (Lipinski definition) is 5. The van der Waals surface area contributed by atoms with Gasteiger partial charge < -0.3 is 14.8 Å². The molecule has 1 aromatic heterocycles. The summed E-state index contributed by atoms with van der Waals surface area (Å²) in [5.74, 6) is -0.134. The molecule has 0 radical (unpaired) electrons. The average Bonchev–Trinajstić information content (AvgIpc) is 3.17. The smallest absolute Gasteiger partial charge is 0.416 e. The summed E-state index contributed by atoms with van der Waals surface area (Å²) in [6, 6.07) is 12.4. The van der Waals surface area contributed by atoms with Crippen LogP contribution < -0.4 is 10.1 Å². The molecule has 1 N–H and O–H groups in total. The molecule has 0 saturated carbocycles. The summed E-state index contributed by atoms with van der Waals surface area (Å²) in [5.41, 5.74) is 0.952. The second kappa shape index (κ2) is 8.78. The molecule has 1 aliphatic carbocycles. The van der Waals surface area contributed by atoms with Gasteiger partial charge in [0.25, 0.3) is 5.91 Å². The number of carbonyl (C=O) groups excluding carboxylic acids is 2. The molecule has 3 aromatic rings. The average molecular weight is 454 g/mol. The topological polar surface area (TPSA) is 77.5 Å². The van der Waals surface area contributed by atoms with Crippen LogP contribution in [0.5, 0.6) is 11.6 Å². The molecule has 4 rings (SSSR count). The zero-order valence-corrected chi connectivity index (χ0v) is 17.3. The summed E-state index contributed by atoms with van der Waals surface area (Å²) in [4.78, 5) is 28.3. The second-order valence-electron chi connectivity index (χ2n) is 7.14. The highest BCUT2D eigenvalue weighted by Crippen LogP contribution is 2.37. The van der Waals surface area contributed by atoms with Gasteiger partial charge in [0, 0.05) is 29.9 Å². The van der Waals surface area contributed by atoms with Gasteiger partial charge in [0.2, 0.25) is 5.88 Å². The highest BCUT2D eigenvalue weighted by molar-refractivity contribution is 6.05. The van der Waals surface area contributed by atoms with E-state index in [1.807, 2.05) is 0 Å². The predicted octanol–water partition coefficient (Wildman–Crippen LogP) is 5.61. The van der Waals surface area contributed by atoms with Crippen molar-refractivity contribution in [3.05, 3.63) is 89.1 Å². The van der Waals surface area contributed by atoms with Crippen LogP contribution in [0.25, 0.3) is 5.76 Å². The minimum absolute atomic E-state index is 0.0243. The molecule has 1 aliphatic rings. The van der Waals surface area contributed by atoms with Crippen molar-refractivity contribution in [1.82, 2.24) is 4.98 Å². The van der Waals surface area contributed by atoms with Gasteiger partial charge in [-0.1, -0.05) is 12.1 Å². The molecule has 6 nitrogen and oxygen atoms in total. The Bertz CT molecular complexity index is 1250.